The van der Waals surface area contributed by atoms with Crippen molar-refractivity contribution in [1.82, 2.24) is 15.6 Å². The summed E-state index contributed by atoms with van der Waals surface area (Å²) in [6, 6.07) is 10.6. The van der Waals surface area contributed by atoms with Gasteiger partial charge in [0.05, 0.1) is 21.3 Å². The van der Waals surface area contributed by atoms with Gasteiger partial charge in [0.2, 0.25) is 5.96 Å². The van der Waals surface area contributed by atoms with Gasteiger partial charge in [-0.15, -0.1) is 0 Å². The van der Waals surface area contributed by atoms with E-state index in [4.69, 9.17) is 33.2 Å². The fourth-order valence-corrected chi connectivity index (χ4v) is 3.16. The number of nitriles is 1. The predicted molar refractivity (Wildman–Crippen MR) is 125 cm³/mol. The highest BCUT2D eigenvalue weighted by molar-refractivity contribution is 6.33. The molecule has 3 N–H and O–H groups in total. The van der Waals surface area contributed by atoms with Crippen LogP contribution in [0.25, 0.3) is 0 Å². The summed E-state index contributed by atoms with van der Waals surface area (Å²) in [6.45, 7) is 0. The molecule has 0 radical (unpaired) electrons. The Kier molecular flexibility index (Phi) is 8.01. The van der Waals surface area contributed by atoms with Crippen molar-refractivity contribution in [3.05, 3.63) is 76.0 Å². The Hall–Kier alpha value is -4.01. The van der Waals surface area contributed by atoms with E-state index in [1.54, 1.807) is 12.3 Å². The molecule has 0 aliphatic rings. The number of pyridine rings is 1. The first-order valence-corrected chi connectivity index (χ1v) is 10.4. The summed E-state index contributed by atoms with van der Waals surface area (Å²) in [5.74, 6) is 0.0926. The molecule has 0 bridgehead atoms. The van der Waals surface area contributed by atoms with Crippen LogP contribution in [0.5, 0.6) is 11.5 Å². The lowest BCUT2D eigenvalue weighted by molar-refractivity contribution is -0.137. The van der Waals surface area contributed by atoms with Crippen molar-refractivity contribution in [2.75, 3.05) is 12.4 Å². The third-order valence-corrected chi connectivity index (χ3v) is 4.92. The zero-order valence-corrected chi connectivity index (χ0v) is 19.3. The molecule has 0 unspecified atom stereocenters. The largest absolute Gasteiger partial charge is 0.457 e. The zero-order valence-electron chi connectivity index (χ0n) is 17.7. The highest BCUT2D eigenvalue weighted by Gasteiger charge is 2.33. The van der Waals surface area contributed by atoms with Crippen molar-refractivity contribution < 1.29 is 22.7 Å². The summed E-state index contributed by atoms with van der Waals surface area (Å²) in [5, 5.41) is 16.0. The van der Waals surface area contributed by atoms with E-state index in [1.807, 2.05) is 0 Å². The number of nitrogens with zero attached hydrogens (tertiary/aromatic N) is 3. The Bertz CT molecular complexity index is 1330. The number of rotatable bonds is 5. The van der Waals surface area contributed by atoms with E-state index in [-0.39, 0.29) is 34.0 Å². The van der Waals surface area contributed by atoms with Crippen LogP contribution in [0.15, 0.2) is 59.7 Å². The number of benzene rings is 2. The first-order valence-electron chi connectivity index (χ1n) is 9.64. The average Bonchev–Trinajstić information content (AvgIpc) is 2.81. The van der Waals surface area contributed by atoms with Gasteiger partial charge in [0.1, 0.15) is 17.2 Å². The van der Waals surface area contributed by atoms with Crippen LogP contribution < -0.4 is 20.7 Å². The number of anilines is 1. The molecule has 2 aromatic carbocycles. The number of ether oxygens (including phenoxy) is 1. The van der Waals surface area contributed by atoms with Crippen LogP contribution in [0.1, 0.15) is 16.1 Å². The first kappa shape index (κ1) is 25.6. The topological polar surface area (TPSA) is 111 Å². The second kappa shape index (κ2) is 10.9. The Morgan fingerprint density at radius 1 is 1.09 bits per heavy atom. The lowest BCUT2D eigenvalue weighted by Gasteiger charge is -2.13. The minimum absolute atomic E-state index is 0.0103. The standard InChI is InChI=1S/C22H15Cl2F3N6O2/c1-29-20(34)19-10-14(6-7-30-19)35-13-3-5-18(17(24)9-13)33-21(31-11-28)32-12-2-4-16(23)15(8-12)22(25,26)27/h2-10H,1H3,(H,29,34)(H2,31,32,33). The monoisotopic (exact) mass is 522 g/mol. The van der Waals surface area contributed by atoms with E-state index < -0.39 is 16.8 Å². The van der Waals surface area contributed by atoms with Crippen molar-refractivity contribution >= 4 is 46.4 Å². The SMILES string of the molecule is CNC(=O)c1cc(Oc2ccc(N=C(NC#N)Nc3ccc(Cl)c(C(F)(F)F)c3)c(Cl)c2)ccn1. The molecule has 0 aliphatic heterocycles. The number of aliphatic imine (C=N–C) groups is 1. The van der Waals surface area contributed by atoms with Crippen LogP contribution in [0, 0.1) is 11.5 Å². The molecule has 1 heterocycles. The molecular formula is C22H15Cl2F3N6O2. The van der Waals surface area contributed by atoms with Crippen LogP contribution >= 0.6 is 23.2 Å². The molecule has 0 saturated heterocycles. The molecule has 0 saturated carbocycles. The number of hydrogen-bond donors (Lipinski definition) is 3. The number of hydrogen-bond acceptors (Lipinski definition) is 5. The van der Waals surface area contributed by atoms with Crippen LogP contribution in [-0.2, 0) is 6.18 Å². The zero-order chi connectivity index (χ0) is 25.6. The van der Waals surface area contributed by atoms with E-state index in [1.165, 1.54) is 43.6 Å². The maximum atomic E-state index is 13.1. The van der Waals surface area contributed by atoms with Crippen LogP contribution in [-0.4, -0.2) is 23.9 Å². The molecular weight excluding hydrogens is 508 g/mol. The van der Waals surface area contributed by atoms with Crippen LogP contribution in [0.2, 0.25) is 10.0 Å². The third-order valence-electron chi connectivity index (χ3n) is 4.29. The number of aromatic nitrogens is 1. The maximum absolute atomic E-state index is 13.1. The van der Waals surface area contributed by atoms with Crippen molar-refractivity contribution in [2.24, 2.45) is 4.99 Å². The Balaban J connectivity index is 1.83. The lowest BCUT2D eigenvalue weighted by atomic mass is 10.2. The summed E-state index contributed by atoms with van der Waals surface area (Å²) in [4.78, 5) is 19.8. The molecule has 0 spiro atoms. The molecule has 35 heavy (non-hydrogen) atoms. The van der Waals surface area contributed by atoms with Gasteiger partial charge in [0.25, 0.3) is 5.91 Å². The normalized spacial score (nSPS) is 11.4. The van der Waals surface area contributed by atoms with Crippen LogP contribution in [0.4, 0.5) is 24.5 Å². The van der Waals surface area contributed by atoms with Gasteiger partial charge in [-0.1, -0.05) is 23.2 Å². The number of guanidine groups is 1. The van der Waals surface area contributed by atoms with Gasteiger partial charge in [0.15, 0.2) is 6.19 Å². The minimum atomic E-state index is -4.66. The van der Waals surface area contributed by atoms with Gasteiger partial charge < -0.3 is 15.4 Å². The average molecular weight is 523 g/mol. The van der Waals surface area contributed by atoms with Gasteiger partial charge in [0, 0.05) is 31.1 Å². The van der Waals surface area contributed by atoms with Gasteiger partial charge in [-0.2, -0.15) is 18.4 Å². The number of carbonyl (C=O) groups excluding carboxylic acids is 1. The summed E-state index contributed by atoms with van der Waals surface area (Å²) in [6.07, 6.45) is -1.60. The van der Waals surface area contributed by atoms with E-state index in [9.17, 15) is 18.0 Å². The van der Waals surface area contributed by atoms with Crippen molar-refractivity contribution in [1.29, 1.82) is 5.26 Å². The molecule has 1 amide bonds. The number of carbonyl (C=O) groups is 1. The number of halogens is 5. The fourth-order valence-electron chi connectivity index (χ4n) is 2.72. The summed E-state index contributed by atoms with van der Waals surface area (Å²) >= 11 is 11.9. The molecule has 3 rings (SSSR count). The Morgan fingerprint density at radius 3 is 2.49 bits per heavy atom. The highest BCUT2D eigenvalue weighted by atomic mass is 35.5. The van der Waals surface area contributed by atoms with Gasteiger partial charge >= 0.3 is 6.18 Å². The van der Waals surface area contributed by atoms with Gasteiger partial charge in [-0.3, -0.25) is 15.1 Å². The Morgan fingerprint density at radius 2 is 1.83 bits per heavy atom. The molecule has 1 aromatic heterocycles. The van der Waals surface area contributed by atoms with E-state index in [0.717, 1.165) is 12.1 Å². The molecule has 180 valence electrons. The first-order chi connectivity index (χ1) is 16.6. The molecule has 3 aromatic rings. The highest BCUT2D eigenvalue weighted by Crippen LogP contribution is 2.36. The van der Waals surface area contributed by atoms with Crippen LogP contribution in [0.3, 0.4) is 0 Å². The minimum Gasteiger partial charge on any atom is -0.457 e. The van der Waals surface area contributed by atoms with Gasteiger partial charge in [-0.25, -0.2) is 4.99 Å². The summed E-state index contributed by atoms with van der Waals surface area (Å²) in [7, 11) is 1.48. The molecule has 8 nitrogen and oxygen atoms in total. The summed E-state index contributed by atoms with van der Waals surface area (Å²) in [5.41, 5.74) is -0.707. The molecule has 0 aliphatic carbocycles. The molecule has 0 fully saturated rings. The quantitative estimate of drug-likeness (QED) is 0.171. The number of alkyl halides is 3. The van der Waals surface area contributed by atoms with E-state index >= 15 is 0 Å². The second-order valence-electron chi connectivity index (χ2n) is 6.69. The lowest BCUT2D eigenvalue weighted by Crippen LogP contribution is -2.26. The molecule has 0 atom stereocenters. The van der Waals surface area contributed by atoms with E-state index in [2.05, 4.69) is 25.9 Å². The Labute approximate surface area is 207 Å². The number of amides is 1. The third kappa shape index (κ3) is 6.75. The smallest absolute Gasteiger partial charge is 0.417 e. The summed E-state index contributed by atoms with van der Waals surface area (Å²) < 4.78 is 45.1. The maximum Gasteiger partial charge on any atom is 0.417 e. The second-order valence-corrected chi connectivity index (χ2v) is 7.50. The predicted octanol–water partition coefficient (Wildman–Crippen LogP) is 5.73. The fraction of sp³-hybridized carbons (Fsp3) is 0.0909. The van der Waals surface area contributed by atoms with Crippen molar-refractivity contribution in [2.45, 2.75) is 6.18 Å². The number of nitrogens with one attached hydrogen (secondary N) is 3. The molecule has 13 heteroatoms. The van der Waals surface area contributed by atoms with Crippen molar-refractivity contribution in [3.63, 3.8) is 0 Å². The van der Waals surface area contributed by atoms with E-state index in [0.29, 0.717) is 11.5 Å². The van der Waals surface area contributed by atoms with Crippen molar-refractivity contribution in [3.8, 4) is 17.7 Å². The van der Waals surface area contributed by atoms with Gasteiger partial charge in [-0.05, 0) is 36.4 Å².